The molecule has 7 nitrogen and oxygen atoms in total. The van der Waals surface area contributed by atoms with Crippen LogP contribution in [0.2, 0.25) is 0 Å². The number of benzene rings is 2. The predicted octanol–water partition coefficient (Wildman–Crippen LogP) is 6.24. The van der Waals surface area contributed by atoms with E-state index in [2.05, 4.69) is 50.1 Å². The molecule has 2 aromatic carbocycles. The number of fused-ring (bicyclic) bond motifs is 1. The van der Waals surface area contributed by atoms with Gasteiger partial charge in [0.15, 0.2) is 0 Å². The van der Waals surface area contributed by atoms with Gasteiger partial charge in [-0.15, -0.1) is 0 Å². The van der Waals surface area contributed by atoms with Crippen molar-refractivity contribution in [3.63, 3.8) is 0 Å². The molecule has 1 heterocycles. The SMILES string of the molecule is CCN(C(=O)CCn1c(-c2ccc(N/C=C\N=N/C)cc2)nc2ccccc21)C1CCCCC1. The smallest absolute Gasteiger partial charge is 0.224 e. The molecule has 34 heavy (non-hydrogen) atoms. The number of aryl methyl sites for hydroxylation is 1. The largest absolute Gasteiger partial charge is 0.360 e. The van der Waals surface area contributed by atoms with Gasteiger partial charge in [-0.25, -0.2) is 4.98 Å². The highest BCUT2D eigenvalue weighted by Crippen LogP contribution is 2.27. The van der Waals surface area contributed by atoms with Crippen LogP contribution in [0, 0.1) is 0 Å². The van der Waals surface area contributed by atoms with Gasteiger partial charge in [0.1, 0.15) is 5.82 Å². The summed E-state index contributed by atoms with van der Waals surface area (Å²) in [6.07, 6.45) is 9.86. The third-order valence-corrected chi connectivity index (χ3v) is 6.53. The van der Waals surface area contributed by atoms with Crippen molar-refractivity contribution in [3.8, 4) is 11.4 Å². The van der Waals surface area contributed by atoms with E-state index in [1.54, 1.807) is 19.4 Å². The first-order valence-electron chi connectivity index (χ1n) is 12.3. The average Bonchev–Trinajstić information content (AvgIpc) is 3.25. The zero-order valence-corrected chi connectivity index (χ0v) is 20.2. The number of azo groups is 1. The molecule has 0 atom stereocenters. The Balaban J connectivity index is 1.54. The Bertz CT molecular complexity index is 1140. The molecule has 4 rings (SSSR count). The Morgan fingerprint density at radius 2 is 1.91 bits per heavy atom. The molecule has 178 valence electrons. The van der Waals surface area contributed by atoms with Crippen LogP contribution >= 0.6 is 0 Å². The minimum absolute atomic E-state index is 0.244. The lowest BCUT2D eigenvalue weighted by Crippen LogP contribution is -2.41. The van der Waals surface area contributed by atoms with Crippen LogP contribution in [0.25, 0.3) is 22.4 Å². The highest BCUT2D eigenvalue weighted by atomic mass is 16.2. The predicted molar refractivity (Wildman–Crippen MR) is 138 cm³/mol. The molecule has 1 fully saturated rings. The van der Waals surface area contributed by atoms with Crippen LogP contribution in [0.1, 0.15) is 45.4 Å². The van der Waals surface area contributed by atoms with Crippen molar-refractivity contribution >= 4 is 22.6 Å². The number of hydrogen-bond acceptors (Lipinski definition) is 5. The number of aromatic nitrogens is 2. The Kier molecular flexibility index (Phi) is 8.07. The second-order valence-corrected chi connectivity index (χ2v) is 8.65. The Labute approximate surface area is 201 Å². The molecule has 1 saturated carbocycles. The van der Waals surface area contributed by atoms with Crippen molar-refractivity contribution in [1.82, 2.24) is 14.5 Å². The summed E-state index contributed by atoms with van der Waals surface area (Å²) >= 11 is 0. The normalized spacial score (nSPS) is 14.9. The Hall–Kier alpha value is -3.48. The number of rotatable bonds is 9. The summed E-state index contributed by atoms with van der Waals surface area (Å²) in [6.45, 7) is 3.49. The summed E-state index contributed by atoms with van der Waals surface area (Å²) < 4.78 is 2.19. The fourth-order valence-electron chi connectivity index (χ4n) is 4.85. The molecular weight excluding hydrogens is 424 g/mol. The zero-order chi connectivity index (χ0) is 23.8. The molecule has 7 heteroatoms. The van der Waals surface area contributed by atoms with Crippen LogP contribution in [0.5, 0.6) is 0 Å². The Morgan fingerprint density at radius 1 is 1.15 bits per heavy atom. The standard InChI is InChI=1S/C27H34N6O/c1-3-32(23-9-5-4-6-10-23)26(34)17-20-33-25-12-8-7-11-24(25)31-27(33)21-13-15-22(16-14-21)29-18-19-30-28-2/h7-8,11-16,18-19,23,29H,3-6,9-10,17,20H2,1-2H3/b19-18-,30-28-. The van der Waals surface area contributed by atoms with Crippen LogP contribution in [0.3, 0.4) is 0 Å². The fourth-order valence-corrected chi connectivity index (χ4v) is 4.85. The van der Waals surface area contributed by atoms with E-state index in [1.165, 1.54) is 19.3 Å². The molecule has 3 aromatic rings. The molecule has 1 aliphatic rings. The lowest BCUT2D eigenvalue weighted by atomic mass is 9.94. The Morgan fingerprint density at radius 3 is 2.65 bits per heavy atom. The number of nitrogens with one attached hydrogen (secondary N) is 1. The van der Waals surface area contributed by atoms with E-state index in [-0.39, 0.29) is 5.91 Å². The number of nitrogens with zero attached hydrogens (tertiary/aromatic N) is 5. The first kappa shape index (κ1) is 23.7. The summed E-state index contributed by atoms with van der Waals surface area (Å²) in [4.78, 5) is 20.2. The summed E-state index contributed by atoms with van der Waals surface area (Å²) in [5, 5.41) is 10.7. The van der Waals surface area contributed by atoms with E-state index in [0.29, 0.717) is 19.0 Å². The monoisotopic (exact) mass is 458 g/mol. The third kappa shape index (κ3) is 5.53. The van der Waals surface area contributed by atoms with Crippen LogP contribution in [0.15, 0.2) is 71.2 Å². The van der Waals surface area contributed by atoms with Crippen molar-refractivity contribution < 1.29 is 4.79 Å². The first-order valence-corrected chi connectivity index (χ1v) is 12.3. The van der Waals surface area contributed by atoms with Gasteiger partial charge in [0, 0.05) is 50.1 Å². The van der Waals surface area contributed by atoms with Crippen molar-refractivity contribution in [3.05, 3.63) is 60.9 Å². The number of hydrogen-bond donors (Lipinski definition) is 1. The maximum absolute atomic E-state index is 13.2. The van der Waals surface area contributed by atoms with Gasteiger partial charge < -0.3 is 14.8 Å². The number of amides is 1. The van der Waals surface area contributed by atoms with E-state index < -0.39 is 0 Å². The average molecular weight is 459 g/mol. The van der Waals surface area contributed by atoms with Gasteiger partial charge in [-0.3, -0.25) is 4.79 Å². The third-order valence-electron chi connectivity index (χ3n) is 6.53. The minimum atomic E-state index is 0.244. The summed E-state index contributed by atoms with van der Waals surface area (Å²) in [6, 6.07) is 16.7. The van der Waals surface area contributed by atoms with Gasteiger partial charge in [0.05, 0.1) is 17.2 Å². The van der Waals surface area contributed by atoms with Crippen LogP contribution in [-0.2, 0) is 11.3 Å². The molecule has 0 radical (unpaired) electrons. The molecular formula is C27H34N6O. The van der Waals surface area contributed by atoms with Gasteiger partial charge in [0.2, 0.25) is 5.91 Å². The maximum Gasteiger partial charge on any atom is 0.224 e. The van der Waals surface area contributed by atoms with Gasteiger partial charge >= 0.3 is 0 Å². The number of carbonyl (C=O) groups excluding carboxylic acids is 1. The van der Waals surface area contributed by atoms with Crippen molar-refractivity contribution in [2.24, 2.45) is 10.2 Å². The number of carbonyl (C=O) groups is 1. The van der Waals surface area contributed by atoms with E-state index in [4.69, 9.17) is 4.98 Å². The van der Waals surface area contributed by atoms with Gasteiger partial charge in [0.25, 0.3) is 0 Å². The summed E-state index contributed by atoms with van der Waals surface area (Å²) in [7, 11) is 1.63. The van der Waals surface area contributed by atoms with E-state index >= 15 is 0 Å². The number of imidazole rings is 1. The lowest BCUT2D eigenvalue weighted by Gasteiger charge is -2.33. The molecule has 1 amide bonds. The van der Waals surface area contributed by atoms with Crippen LogP contribution in [0.4, 0.5) is 5.69 Å². The van der Waals surface area contributed by atoms with Gasteiger partial charge in [-0.1, -0.05) is 31.4 Å². The lowest BCUT2D eigenvalue weighted by molar-refractivity contribution is -0.134. The highest BCUT2D eigenvalue weighted by molar-refractivity contribution is 5.82. The molecule has 0 unspecified atom stereocenters. The van der Waals surface area contributed by atoms with E-state index in [1.807, 2.05) is 30.3 Å². The fraction of sp³-hybridized carbons (Fsp3) is 0.407. The summed E-state index contributed by atoms with van der Waals surface area (Å²) in [5.41, 5.74) is 3.97. The van der Waals surface area contributed by atoms with Gasteiger partial charge in [-0.2, -0.15) is 10.2 Å². The minimum Gasteiger partial charge on any atom is -0.360 e. The van der Waals surface area contributed by atoms with Gasteiger partial charge in [-0.05, 0) is 56.2 Å². The molecule has 0 aliphatic heterocycles. The topological polar surface area (TPSA) is 74.9 Å². The highest BCUT2D eigenvalue weighted by Gasteiger charge is 2.24. The van der Waals surface area contributed by atoms with Crippen molar-refractivity contribution in [1.29, 1.82) is 0 Å². The van der Waals surface area contributed by atoms with Crippen LogP contribution in [-0.4, -0.2) is 40.0 Å². The summed E-state index contributed by atoms with van der Waals surface area (Å²) in [5.74, 6) is 1.13. The molecule has 1 aliphatic carbocycles. The van der Waals surface area contributed by atoms with Crippen molar-refractivity contribution in [2.45, 2.75) is 58.0 Å². The van der Waals surface area contributed by atoms with Crippen LogP contribution < -0.4 is 5.32 Å². The maximum atomic E-state index is 13.2. The second kappa shape index (κ2) is 11.6. The molecule has 0 spiro atoms. The number of anilines is 1. The zero-order valence-electron chi connectivity index (χ0n) is 20.2. The van der Waals surface area contributed by atoms with Crippen molar-refractivity contribution in [2.75, 3.05) is 18.9 Å². The van der Waals surface area contributed by atoms with E-state index in [9.17, 15) is 4.79 Å². The molecule has 0 bridgehead atoms. The molecule has 0 saturated heterocycles. The first-order chi connectivity index (χ1) is 16.7. The second-order valence-electron chi connectivity index (χ2n) is 8.65. The molecule has 1 N–H and O–H groups in total. The van der Waals surface area contributed by atoms with E-state index in [0.717, 1.165) is 47.5 Å². The number of para-hydroxylation sites is 2. The quantitative estimate of drug-likeness (QED) is 0.386. The molecule has 1 aromatic heterocycles.